The van der Waals surface area contributed by atoms with E-state index in [1.165, 1.54) is 22.4 Å². The molecule has 0 N–H and O–H groups in total. The lowest BCUT2D eigenvalue weighted by Gasteiger charge is -2.31. The summed E-state index contributed by atoms with van der Waals surface area (Å²) >= 11 is 0. The van der Waals surface area contributed by atoms with E-state index in [1.807, 2.05) is 13.1 Å². The minimum Gasteiger partial charge on any atom is -0.352 e. The number of hydrogen-bond acceptors (Lipinski definition) is 3. The molecule has 3 rings (SSSR count). The van der Waals surface area contributed by atoms with Crippen LogP contribution in [0.3, 0.4) is 0 Å². The van der Waals surface area contributed by atoms with Crippen molar-refractivity contribution in [3.63, 3.8) is 0 Å². The molecule has 0 fully saturated rings. The van der Waals surface area contributed by atoms with Gasteiger partial charge in [0, 0.05) is 12.7 Å². The average Bonchev–Trinajstić information content (AvgIpc) is 2.83. The second-order valence-electron chi connectivity index (χ2n) is 6.34. The van der Waals surface area contributed by atoms with Crippen LogP contribution in [-0.4, -0.2) is 13.2 Å². The van der Waals surface area contributed by atoms with Gasteiger partial charge in [0.05, 0.1) is 29.6 Å². The van der Waals surface area contributed by atoms with Crippen molar-refractivity contribution in [2.75, 3.05) is 16.8 Å². The second kappa shape index (κ2) is 5.58. The predicted molar refractivity (Wildman–Crippen MR) is 98.1 cm³/mol. The predicted octanol–water partition coefficient (Wildman–Crippen LogP) is 4.97. The molecule has 1 heterocycles. The molecule has 24 heavy (non-hydrogen) atoms. The number of aryl methyl sites for hydroxylation is 2. The molecule has 0 aliphatic carbocycles. The van der Waals surface area contributed by atoms with Crippen molar-refractivity contribution >= 4 is 22.7 Å². The van der Waals surface area contributed by atoms with Gasteiger partial charge < -0.3 is 9.80 Å². The van der Waals surface area contributed by atoms with Crippen LogP contribution in [0.4, 0.5) is 22.7 Å². The Hall–Kier alpha value is -2.98. The van der Waals surface area contributed by atoms with E-state index in [0.717, 1.165) is 11.4 Å². The molecular formula is C20H20N4. The summed E-state index contributed by atoms with van der Waals surface area (Å²) in [5.74, 6) is 0. The van der Waals surface area contributed by atoms with Crippen LogP contribution in [0.15, 0.2) is 24.3 Å². The summed E-state index contributed by atoms with van der Waals surface area (Å²) < 4.78 is 0. The molecule has 1 aliphatic heterocycles. The normalized spacial score (nSPS) is 15.9. The van der Waals surface area contributed by atoms with Gasteiger partial charge in [0.1, 0.15) is 6.17 Å². The molecule has 0 amide bonds. The van der Waals surface area contributed by atoms with Crippen LogP contribution in [0.2, 0.25) is 0 Å². The van der Waals surface area contributed by atoms with Crippen LogP contribution in [0.5, 0.6) is 0 Å². The number of anilines is 3. The summed E-state index contributed by atoms with van der Waals surface area (Å²) in [5, 5.41) is 9.59. The number of benzene rings is 2. The van der Waals surface area contributed by atoms with Crippen LogP contribution < -0.4 is 9.80 Å². The fourth-order valence-corrected chi connectivity index (χ4v) is 3.50. The third-order valence-corrected chi connectivity index (χ3v) is 5.06. The molecule has 0 saturated heterocycles. The van der Waals surface area contributed by atoms with Crippen molar-refractivity contribution in [3.8, 4) is 6.07 Å². The molecule has 0 spiro atoms. The Labute approximate surface area is 143 Å². The molecule has 1 aliphatic rings. The monoisotopic (exact) mass is 316 g/mol. The van der Waals surface area contributed by atoms with Crippen molar-refractivity contribution in [2.45, 2.75) is 33.9 Å². The molecule has 2 aromatic rings. The molecule has 4 heteroatoms. The molecule has 0 aromatic heterocycles. The van der Waals surface area contributed by atoms with Crippen LogP contribution in [-0.2, 0) is 0 Å². The highest BCUT2D eigenvalue weighted by atomic mass is 15.4. The van der Waals surface area contributed by atoms with Crippen LogP contribution in [0.1, 0.15) is 29.2 Å². The molecule has 120 valence electrons. The van der Waals surface area contributed by atoms with Crippen LogP contribution >= 0.6 is 0 Å². The van der Waals surface area contributed by atoms with E-state index in [1.54, 1.807) is 6.07 Å². The average molecular weight is 316 g/mol. The topological polar surface area (TPSA) is 34.6 Å². The highest BCUT2D eigenvalue weighted by Crippen LogP contribution is 2.49. The Morgan fingerprint density at radius 3 is 2.38 bits per heavy atom. The number of nitriles is 1. The van der Waals surface area contributed by atoms with Gasteiger partial charge in [0.2, 0.25) is 5.69 Å². The lowest BCUT2D eigenvalue weighted by atomic mass is 10.0. The van der Waals surface area contributed by atoms with Gasteiger partial charge in [-0.1, -0.05) is 18.2 Å². The van der Waals surface area contributed by atoms with Gasteiger partial charge in [-0.3, -0.25) is 0 Å². The van der Waals surface area contributed by atoms with Gasteiger partial charge in [-0.15, -0.1) is 0 Å². The maximum atomic E-state index is 9.59. The van der Waals surface area contributed by atoms with Gasteiger partial charge in [0.25, 0.3) is 0 Å². The number of hydrogen-bond donors (Lipinski definition) is 0. The summed E-state index contributed by atoms with van der Waals surface area (Å²) in [6, 6.07) is 10.2. The van der Waals surface area contributed by atoms with Crippen molar-refractivity contribution in [1.82, 2.24) is 0 Å². The van der Waals surface area contributed by atoms with Gasteiger partial charge in [-0.25, -0.2) is 4.85 Å². The summed E-state index contributed by atoms with van der Waals surface area (Å²) in [7, 11) is 1.98. The standard InChI is InChI=1S/C20H20N4/c1-12-7-8-13(2)19(14(12)3)24-15(4)23(6)20-16(11-21)17(22-5)9-10-18(20)24/h7-10,15H,1-4,6H3/t15-/m0/s1. The first-order valence-electron chi connectivity index (χ1n) is 7.95. The highest BCUT2D eigenvalue weighted by Gasteiger charge is 2.35. The van der Waals surface area contributed by atoms with E-state index in [-0.39, 0.29) is 6.17 Å². The van der Waals surface area contributed by atoms with Crippen LogP contribution in [0.25, 0.3) is 4.85 Å². The summed E-state index contributed by atoms with van der Waals surface area (Å²) in [4.78, 5) is 7.87. The highest BCUT2D eigenvalue weighted by molar-refractivity contribution is 5.92. The SMILES string of the molecule is [C-]#[N+]c1ccc2c(c1C#N)N(C)[C@H](C)N2c1c(C)ccc(C)c1C. The molecule has 4 nitrogen and oxygen atoms in total. The van der Waals surface area contributed by atoms with E-state index in [9.17, 15) is 5.26 Å². The Morgan fingerprint density at radius 1 is 1.08 bits per heavy atom. The Morgan fingerprint density at radius 2 is 1.75 bits per heavy atom. The van der Waals surface area contributed by atoms with Gasteiger partial charge >= 0.3 is 0 Å². The maximum absolute atomic E-state index is 9.59. The summed E-state index contributed by atoms with van der Waals surface area (Å²) in [6.07, 6.45) is 0.0762. The molecule has 0 radical (unpaired) electrons. The van der Waals surface area contributed by atoms with Gasteiger partial charge in [0.15, 0.2) is 0 Å². The Kier molecular flexibility index (Phi) is 3.70. The van der Waals surface area contributed by atoms with E-state index in [0.29, 0.717) is 11.3 Å². The molecule has 0 unspecified atom stereocenters. The lowest BCUT2D eigenvalue weighted by Crippen LogP contribution is -2.36. The zero-order valence-electron chi connectivity index (χ0n) is 14.7. The molecule has 0 saturated carbocycles. The number of rotatable bonds is 1. The third kappa shape index (κ3) is 2.04. The second-order valence-corrected chi connectivity index (χ2v) is 6.34. The van der Waals surface area contributed by atoms with E-state index in [2.05, 4.69) is 60.5 Å². The van der Waals surface area contributed by atoms with Gasteiger partial charge in [-0.2, -0.15) is 5.26 Å². The molecule has 2 aromatic carbocycles. The fraction of sp³-hybridized carbons (Fsp3) is 0.300. The van der Waals surface area contributed by atoms with Crippen molar-refractivity contribution in [2.24, 2.45) is 0 Å². The Bertz CT molecular complexity index is 915. The minimum atomic E-state index is 0.0762. The van der Waals surface area contributed by atoms with E-state index in [4.69, 9.17) is 6.57 Å². The summed E-state index contributed by atoms with van der Waals surface area (Å²) in [6.45, 7) is 15.8. The maximum Gasteiger partial charge on any atom is 0.206 e. The fourth-order valence-electron chi connectivity index (χ4n) is 3.50. The zero-order chi connectivity index (χ0) is 17.6. The largest absolute Gasteiger partial charge is 0.352 e. The smallest absolute Gasteiger partial charge is 0.206 e. The summed E-state index contributed by atoms with van der Waals surface area (Å²) in [5.41, 5.74) is 7.60. The van der Waals surface area contributed by atoms with E-state index < -0.39 is 0 Å². The van der Waals surface area contributed by atoms with Crippen LogP contribution in [0, 0.1) is 38.7 Å². The number of nitrogens with zero attached hydrogens (tertiary/aromatic N) is 4. The zero-order valence-corrected chi connectivity index (χ0v) is 14.7. The molecule has 1 atom stereocenters. The first-order chi connectivity index (χ1) is 11.4. The molecule has 0 bridgehead atoms. The lowest BCUT2D eigenvalue weighted by molar-refractivity contribution is 0.730. The van der Waals surface area contributed by atoms with Crippen molar-refractivity contribution < 1.29 is 0 Å². The molecular weight excluding hydrogens is 296 g/mol. The quantitative estimate of drug-likeness (QED) is 0.697. The third-order valence-electron chi connectivity index (χ3n) is 5.06. The van der Waals surface area contributed by atoms with Crippen molar-refractivity contribution in [3.05, 3.63) is 57.9 Å². The minimum absolute atomic E-state index is 0.0762. The first-order valence-corrected chi connectivity index (χ1v) is 7.95. The first kappa shape index (κ1) is 15.9. The number of fused-ring (bicyclic) bond motifs is 1. The van der Waals surface area contributed by atoms with E-state index >= 15 is 0 Å². The van der Waals surface area contributed by atoms with Crippen molar-refractivity contribution in [1.29, 1.82) is 5.26 Å². The van der Waals surface area contributed by atoms with Gasteiger partial charge in [-0.05, 0) is 50.5 Å². The Balaban J connectivity index is 2.32.